The topological polar surface area (TPSA) is 108 Å². The van der Waals surface area contributed by atoms with Crippen LogP contribution in [-0.4, -0.2) is 57.5 Å². The molecule has 3 aliphatic rings. The molecule has 5 heterocycles. The van der Waals surface area contributed by atoms with E-state index in [0.29, 0.717) is 43.0 Å². The first-order chi connectivity index (χ1) is 17.7. The summed E-state index contributed by atoms with van der Waals surface area (Å²) in [7, 11) is 0. The molecule has 3 aliphatic heterocycles. The summed E-state index contributed by atoms with van der Waals surface area (Å²) >= 11 is 0. The van der Waals surface area contributed by atoms with Crippen molar-refractivity contribution in [2.75, 3.05) is 36.6 Å². The van der Waals surface area contributed by atoms with E-state index < -0.39 is 6.23 Å². The number of hydrogen-bond acceptors (Lipinski definition) is 10. The van der Waals surface area contributed by atoms with Gasteiger partial charge in [0.1, 0.15) is 6.10 Å². The maximum atomic E-state index is 11.1. The minimum Gasteiger partial charge on any atom is -0.472 e. The number of hydrazine groups is 1. The highest BCUT2D eigenvalue weighted by molar-refractivity contribution is 5.68. The smallest absolute Gasteiger partial charge is 0.229 e. The van der Waals surface area contributed by atoms with Gasteiger partial charge in [-0.1, -0.05) is 12.1 Å². The second kappa shape index (κ2) is 9.82. The van der Waals surface area contributed by atoms with Crippen molar-refractivity contribution in [3.05, 3.63) is 72.1 Å². The molecule has 3 aromatic rings. The van der Waals surface area contributed by atoms with Crippen molar-refractivity contribution in [2.45, 2.75) is 31.7 Å². The van der Waals surface area contributed by atoms with Gasteiger partial charge in [-0.25, -0.2) is 9.97 Å². The second-order valence-corrected chi connectivity index (χ2v) is 9.06. The van der Waals surface area contributed by atoms with E-state index in [2.05, 4.69) is 39.3 Å². The number of pyridine rings is 1. The molecule has 0 aliphatic carbocycles. The molecule has 10 heteroatoms. The first-order valence-corrected chi connectivity index (χ1v) is 12.2. The van der Waals surface area contributed by atoms with E-state index in [9.17, 15) is 5.11 Å². The zero-order chi connectivity index (χ0) is 24.5. The van der Waals surface area contributed by atoms with Gasteiger partial charge in [-0.2, -0.15) is 9.99 Å². The summed E-state index contributed by atoms with van der Waals surface area (Å²) < 4.78 is 11.4. The molecule has 0 saturated carbocycles. The standard InChI is InChI=1S/C26H29N7O3/c1-2-10-32-25(34)22-15-29-26(30-19-4-3-18-14-27-8-5-17(18)12-19)31-24(22)33(32)20-6-9-28-23(13-20)36-21-7-11-35-16-21/h2-4,6,9,12-13,15,21,25,27,34H,1,5,7-8,10-11,14,16H2,(H,29,30,31). The Hall–Kier alpha value is -3.57. The molecule has 186 valence electrons. The van der Waals surface area contributed by atoms with Gasteiger partial charge in [0.25, 0.3) is 0 Å². The number of nitrogens with one attached hydrogen (secondary N) is 2. The van der Waals surface area contributed by atoms with E-state index in [-0.39, 0.29) is 6.10 Å². The molecular weight excluding hydrogens is 458 g/mol. The van der Waals surface area contributed by atoms with Gasteiger partial charge >= 0.3 is 0 Å². The highest BCUT2D eigenvalue weighted by atomic mass is 16.5. The Morgan fingerprint density at radius 1 is 1.25 bits per heavy atom. The third-order valence-electron chi connectivity index (χ3n) is 6.62. The summed E-state index contributed by atoms with van der Waals surface area (Å²) in [6, 6.07) is 10.0. The molecule has 1 aromatic carbocycles. The maximum Gasteiger partial charge on any atom is 0.229 e. The minimum absolute atomic E-state index is 0.0148. The molecule has 0 spiro atoms. The number of benzene rings is 1. The van der Waals surface area contributed by atoms with Crippen molar-refractivity contribution in [1.29, 1.82) is 0 Å². The van der Waals surface area contributed by atoms with E-state index >= 15 is 0 Å². The van der Waals surface area contributed by atoms with Crippen LogP contribution in [0.15, 0.2) is 55.4 Å². The predicted octanol–water partition coefficient (Wildman–Crippen LogP) is 2.97. The van der Waals surface area contributed by atoms with Gasteiger partial charge in [0.2, 0.25) is 11.8 Å². The van der Waals surface area contributed by atoms with Crippen molar-refractivity contribution >= 4 is 23.1 Å². The Bertz CT molecular complexity index is 1260. The average molecular weight is 488 g/mol. The third kappa shape index (κ3) is 4.40. The number of rotatable bonds is 7. The molecule has 10 nitrogen and oxygen atoms in total. The van der Waals surface area contributed by atoms with Gasteiger partial charge in [-0.3, -0.25) is 5.01 Å². The zero-order valence-electron chi connectivity index (χ0n) is 19.9. The molecule has 2 aromatic heterocycles. The summed E-state index contributed by atoms with van der Waals surface area (Å²) in [4.78, 5) is 13.7. The molecule has 36 heavy (non-hydrogen) atoms. The highest BCUT2D eigenvalue weighted by Crippen LogP contribution is 2.42. The van der Waals surface area contributed by atoms with Gasteiger partial charge < -0.3 is 25.2 Å². The average Bonchev–Trinajstić information content (AvgIpc) is 3.50. The van der Waals surface area contributed by atoms with Gasteiger partial charge in [0, 0.05) is 43.7 Å². The van der Waals surface area contributed by atoms with Crippen molar-refractivity contribution in [3.63, 3.8) is 0 Å². The van der Waals surface area contributed by atoms with Crippen LogP contribution in [0, 0.1) is 0 Å². The maximum absolute atomic E-state index is 11.1. The van der Waals surface area contributed by atoms with Crippen LogP contribution in [0.25, 0.3) is 0 Å². The van der Waals surface area contributed by atoms with E-state index in [0.717, 1.165) is 37.3 Å². The molecule has 2 atom stereocenters. The molecular formula is C26H29N7O3. The number of ether oxygens (including phenoxy) is 2. The first kappa shape index (κ1) is 22.9. The quantitative estimate of drug-likeness (QED) is 0.431. The van der Waals surface area contributed by atoms with Crippen molar-refractivity contribution in [3.8, 4) is 5.88 Å². The highest BCUT2D eigenvalue weighted by Gasteiger charge is 2.38. The molecule has 0 amide bonds. The van der Waals surface area contributed by atoms with E-state index in [1.54, 1.807) is 23.5 Å². The number of anilines is 4. The van der Waals surface area contributed by atoms with E-state index in [4.69, 9.17) is 14.5 Å². The lowest BCUT2D eigenvalue weighted by Gasteiger charge is -2.30. The summed E-state index contributed by atoms with van der Waals surface area (Å²) in [5.74, 6) is 1.54. The van der Waals surface area contributed by atoms with E-state index in [1.807, 2.05) is 23.2 Å². The molecule has 3 N–H and O–H groups in total. The molecule has 2 unspecified atom stereocenters. The normalized spacial score (nSPS) is 21.2. The molecule has 1 saturated heterocycles. The van der Waals surface area contributed by atoms with Gasteiger partial charge in [-0.05, 0) is 42.3 Å². The van der Waals surface area contributed by atoms with Crippen LogP contribution in [0.5, 0.6) is 5.88 Å². The van der Waals surface area contributed by atoms with Crippen LogP contribution >= 0.6 is 0 Å². The van der Waals surface area contributed by atoms with Crippen LogP contribution < -0.4 is 20.4 Å². The summed E-state index contributed by atoms with van der Waals surface area (Å²) in [6.07, 6.45) is 6.00. The third-order valence-corrected chi connectivity index (χ3v) is 6.62. The SMILES string of the molecule is C=CCN1C(O)c2cnc(Nc3ccc4c(c3)CCNC4)nc2N1c1ccnc(OC2CCOC2)c1. The van der Waals surface area contributed by atoms with Crippen LogP contribution in [0.4, 0.5) is 23.1 Å². The Labute approximate surface area is 209 Å². The second-order valence-electron chi connectivity index (χ2n) is 9.06. The number of fused-ring (bicyclic) bond motifs is 2. The number of aliphatic hydroxyl groups is 1. The Balaban J connectivity index is 1.32. The predicted molar refractivity (Wildman–Crippen MR) is 135 cm³/mol. The Kier molecular flexibility index (Phi) is 6.24. The van der Waals surface area contributed by atoms with Crippen molar-refractivity contribution in [2.24, 2.45) is 0 Å². The molecule has 1 fully saturated rings. The monoisotopic (exact) mass is 487 g/mol. The lowest BCUT2D eigenvalue weighted by atomic mass is 10.0. The van der Waals surface area contributed by atoms with Crippen molar-refractivity contribution < 1.29 is 14.6 Å². The van der Waals surface area contributed by atoms with Gasteiger partial charge in [-0.15, -0.1) is 6.58 Å². The fourth-order valence-electron chi connectivity index (χ4n) is 4.83. The summed E-state index contributed by atoms with van der Waals surface area (Å²) in [5, 5.41) is 21.5. The Morgan fingerprint density at radius 3 is 3.06 bits per heavy atom. The van der Waals surface area contributed by atoms with Gasteiger partial charge in [0.15, 0.2) is 12.0 Å². The van der Waals surface area contributed by atoms with Crippen LogP contribution in [-0.2, 0) is 17.7 Å². The van der Waals surface area contributed by atoms with Crippen LogP contribution in [0.2, 0.25) is 0 Å². The lowest BCUT2D eigenvalue weighted by Crippen LogP contribution is -2.37. The number of aliphatic hydroxyl groups excluding tert-OH is 1. The first-order valence-electron chi connectivity index (χ1n) is 12.2. The minimum atomic E-state index is -0.913. The Morgan fingerprint density at radius 2 is 2.19 bits per heavy atom. The van der Waals surface area contributed by atoms with Crippen molar-refractivity contribution in [1.82, 2.24) is 25.3 Å². The zero-order valence-corrected chi connectivity index (χ0v) is 19.9. The van der Waals surface area contributed by atoms with Crippen LogP contribution in [0.3, 0.4) is 0 Å². The summed E-state index contributed by atoms with van der Waals surface area (Å²) in [6.45, 7) is 7.39. The number of aromatic nitrogens is 3. The molecule has 6 rings (SSSR count). The fraction of sp³-hybridized carbons (Fsp3) is 0.346. The number of nitrogens with zero attached hydrogens (tertiary/aromatic N) is 5. The van der Waals surface area contributed by atoms with E-state index in [1.165, 1.54) is 11.1 Å². The lowest BCUT2D eigenvalue weighted by molar-refractivity contribution is 0.0250. The number of hydrogen-bond donors (Lipinski definition) is 3. The largest absolute Gasteiger partial charge is 0.472 e. The molecule has 0 bridgehead atoms. The van der Waals surface area contributed by atoms with Crippen LogP contribution in [0.1, 0.15) is 29.3 Å². The summed E-state index contributed by atoms with van der Waals surface area (Å²) in [5.41, 5.74) is 4.95. The fourth-order valence-corrected chi connectivity index (χ4v) is 4.83. The van der Waals surface area contributed by atoms with Gasteiger partial charge in [0.05, 0.1) is 24.5 Å². The molecule has 0 radical (unpaired) electrons.